The van der Waals surface area contributed by atoms with Crippen LogP contribution in [-0.2, 0) is 20.2 Å². The Bertz CT molecular complexity index is 956. The second kappa shape index (κ2) is 7.85. The van der Waals surface area contributed by atoms with E-state index >= 15 is 0 Å². The van der Waals surface area contributed by atoms with Crippen molar-refractivity contribution >= 4 is 27.3 Å². The van der Waals surface area contributed by atoms with Crippen molar-refractivity contribution in [2.45, 2.75) is 56.3 Å². The summed E-state index contributed by atoms with van der Waals surface area (Å²) >= 11 is 1.66. The zero-order chi connectivity index (χ0) is 20.6. The number of aromatic nitrogens is 2. The monoisotopic (exact) mass is 436 g/mol. The normalized spacial score (nSPS) is 20.7. The Balaban J connectivity index is 1.54. The fraction of sp³-hybridized carbons (Fsp3) is 0.600. The molecule has 29 heavy (non-hydrogen) atoms. The molecule has 0 aromatic carbocycles. The number of thiophene rings is 1. The summed E-state index contributed by atoms with van der Waals surface area (Å²) < 4.78 is 27.9. The van der Waals surface area contributed by atoms with E-state index in [4.69, 9.17) is 0 Å². The van der Waals surface area contributed by atoms with E-state index in [0.717, 1.165) is 30.6 Å². The van der Waals surface area contributed by atoms with Crippen LogP contribution in [0.1, 0.15) is 48.4 Å². The molecule has 1 amide bonds. The molecule has 0 spiro atoms. The molecule has 1 aliphatic carbocycles. The third-order valence-corrected chi connectivity index (χ3v) is 9.50. The SMILES string of the molecule is Cc1n[nH]c(C)c1S(=O)(=O)N1CCCN(C(=O)C2(c3cccs3)CCCC2)CC1. The summed E-state index contributed by atoms with van der Waals surface area (Å²) in [6.45, 7) is 5.20. The van der Waals surface area contributed by atoms with Gasteiger partial charge in [-0.25, -0.2) is 8.42 Å². The highest BCUT2D eigenvalue weighted by molar-refractivity contribution is 7.89. The van der Waals surface area contributed by atoms with Crippen molar-refractivity contribution in [2.75, 3.05) is 26.2 Å². The van der Waals surface area contributed by atoms with Crippen molar-refractivity contribution < 1.29 is 13.2 Å². The number of sulfonamides is 1. The van der Waals surface area contributed by atoms with Gasteiger partial charge in [0.05, 0.1) is 16.8 Å². The minimum atomic E-state index is -3.63. The van der Waals surface area contributed by atoms with E-state index in [0.29, 0.717) is 44.0 Å². The topological polar surface area (TPSA) is 86.4 Å². The first-order valence-electron chi connectivity index (χ1n) is 10.2. The van der Waals surface area contributed by atoms with Gasteiger partial charge in [0.2, 0.25) is 15.9 Å². The summed E-state index contributed by atoms with van der Waals surface area (Å²) in [5.41, 5.74) is 0.629. The number of rotatable bonds is 4. The number of aromatic amines is 1. The summed E-state index contributed by atoms with van der Waals surface area (Å²) in [7, 11) is -3.63. The van der Waals surface area contributed by atoms with E-state index in [2.05, 4.69) is 16.3 Å². The maximum atomic E-state index is 13.6. The second-order valence-corrected chi connectivity index (χ2v) is 10.9. The van der Waals surface area contributed by atoms with Crippen LogP contribution in [0.2, 0.25) is 0 Å². The van der Waals surface area contributed by atoms with Gasteiger partial charge < -0.3 is 4.90 Å². The van der Waals surface area contributed by atoms with Crippen molar-refractivity contribution in [2.24, 2.45) is 0 Å². The van der Waals surface area contributed by atoms with Crippen LogP contribution in [0.15, 0.2) is 22.4 Å². The Morgan fingerprint density at radius 2 is 1.90 bits per heavy atom. The van der Waals surface area contributed by atoms with Crippen LogP contribution < -0.4 is 0 Å². The van der Waals surface area contributed by atoms with Crippen LogP contribution in [0.25, 0.3) is 0 Å². The van der Waals surface area contributed by atoms with Gasteiger partial charge in [-0.1, -0.05) is 18.9 Å². The van der Waals surface area contributed by atoms with Crippen LogP contribution in [0.3, 0.4) is 0 Å². The molecule has 0 radical (unpaired) electrons. The molecule has 0 unspecified atom stereocenters. The van der Waals surface area contributed by atoms with Gasteiger partial charge in [-0.2, -0.15) is 9.40 Å². The molecule has 2 aromatic heterocycles. The maximum Gasteiger partial charge on any atom is 0.246 e. The first kappa shape index (κ1) is 20.6. The van der Waals surface area contributed by atoms with Crippen LogP contribution in [0.4, 0.5) is 0 Å². The van der Waals surface area contributed by atoms with Crippen molar-refractivity contribution in [3.05, 3.63) is 33.8 Å². The van der Waals surface area contributed by atoms with E-state index < -0.39 is 15.4 Å². The molecule has 1 aliphatic heterocycles. The number of nitrogens with zero attached hydrogens (tertiary/aromatic N) is 3. The maximum absolute atomic E-state index is 13.6. The van der Waals surface area contributed by atoms with Gasteiger partial charge in [0.25, 0.3) is 0 Å². The van der Waals surface area contributed by atoms with Crippen molar-refractivity contribution in [3.8, 4) is 0 Å². The number of H-pyrrole nitrogens is 1. The fourth-order valence-electron chi connectivity index (χ4n) is 4.78. The van der Waals surface area contributed by atoms with E-state index in [1.54, 1.807) is 25.2 Å². The highest BCUT2D eigenvalue weighted by atomic mass is 32.2. The Morgan fingerprint density at radius 3 is 2.52 bits per heavy atom. The first-order chi connectivity index (χ1) is 13.9. The summed E-state index contributed by atoms with van der Waals surface area (Å²) in [6, 6.07) is 4.09. The zero-order valence-corrected chi connectivity index (χ0v) is 18.6. The average molecular weight is 437 g/mol. The molecule has 2 fully saturated rings. The number of amides is 1. The Hall–Kier alpha value is -1.71. The smallest absolute Gasteiger partial charge is 0.246 e. The summed E-state index contributed by atoms with van der Waals surface area (Å²) in [5, 5.41) is 8.84. The highest BCUT2D eigenvalue weighted by Gasteiger charge is 2.46. The molecule has 3 heterocycles. The summed E-state index contributed by atoms with van der Waals surface area (Å²) in [5.74, 6) is 0.173. The molecule has 9 heteroatoms. The summed E-state index contributed by atoms with van der Waals surface area (Å²) in [4.78, 5) is 16.9. The van der Waals surface area contributed by atoms with Gasteiger partial charge in [0, 0.05) is 31.1 Å². The predicted molar refractivity (Wildman–Crippen MR) is 112 cm³/mol. The van der Waals surface area contributed by atoms with Gasteiger partial charge in [0.1, 0.15) is 4.90 Å². The molecular formula is C20H28N4O3S2. The molecule has 2 aromatic rings. The minimum Gasteiger partial charge on any atom is -0.341 e. The van der Waals surface area contributed by atoms with Gasteiger partial charge >= 0.3 is 0 Å². The van der Waals surface area contributed by atoms with E-state index in [9.17, 15) is 13.2 Å². The van der Waals surface area contributed by atoms with Crippen LogP contribution >= 0.6 is 11.3 Å². The number of carbonyl (C=O) groups excluding carboxylic acids is 1. The Labute approximate surface area is 176 Å². The summed E-state index contributed by atoms with van der Waals surface area (Å²) in [6.07, 6.45) is 4.55. The van der Waals surface area contributed by atoms with Crippen molar-refractivity contribution in [1.29, 1.82) is 0 Å². The minimum absolute atomic E-state index is 0.173. The lowest BCUT2D eigenvalue weighted by atomic mass is 9.82. The van der Waals surface area contributed by atoms with Crippen molar-refractivity contribution in [1.82, 2.24) is 19.4 Å². The fourth-order valence-corrected chi connectivity index (χ4v) is 7.56. The van der Waals surface area contributed by atoms with E-state index in [1.165, 1.54) is 4.31 Å². The number of hydrogen-bond donors (Lipinski definition) is 1. The first-order valence-corrected chi connectivity index (χ1v) is 12.5. The third kappa shape index (κ3) is 3.53. The lowest BCUT2D eigenvalue weighted by Crippen LogP contribution is -2.46. The van der Waals surface area contributed by atoms with Gasteiger partial charge in [-0.15, -0.1) is 11.3 Å². The standard InChI is InChI=1S/C20H28N4O3S2/c1-15-18(16(2)22-21-15)29(26,27)24-11-6-10-23(12-13-24)19(25)20(8-3-4-9-20)17-7-5-14-28-17/h5,7,14H,3-4,6,8-13H2,1-2H3,(H,21,22). The van der Waals surface area contributed by atoms with Crippen LogP contribution in [-0.4, -0.2) is 59.9 Å². The number of carbonyl (C=O) groups is 1. The molecule has 4 rings (SSSR count). The third-order valence-electron chi connectivity index (χ3n) is 6.26. The number of nitrogens with one attached hydrogen (secondary N) is 1. The Morgan fingerprint density at radius 1 is 1.14 bits per heavy atom. The zero-order valence-electron chi connectivity index (χ0n) is 17.0. The van der Waals surface area contributed by atoms with Crippen LogP contribution in [0, 0.1) is 13.8 Å². The molecule has 158 valence electrons. The number of aryl methyl sites for hydroxylation is 2. The average Bonchev–Trinajstić information content (AvgIpc) is 3.40. The largest absolute Gasteiger partial charge is 0.341 e. The van der Waals surface area contributed by atoms with Crippen molar-refractivity contribution in [3.63, 3.8) is 0 Å². The van der Waals surface area contributed by atoms with E-state index in [-0.39, 0.29) is 10.8 Å². The molecule has 0 bridgehead atoms. The second-order valence-electron chi connectivity index (χ2n) is 8.08. The molecule has 1 saturated heterocycles. The van der Waals surface area contributed by atoms with Crippen LogP contribution in [0.5, 0.6) is 0 Å². The quantitative estimate of drug-likeness (QED) is 0.798. The lowest BCUT2D eigenvalue weighted by Gasteiger charge is -2.33. The van der Waals surface area contributed by atoms with E-state index in [1.807, 2.05) is 16.3 Å². The molecule has 1 N–H and O–H groups in total. The predicted octanol–water partition coefficient (Wildman–Crippen LogP) is 2.82. The highest BCUT2D eigenvalue weighted by Crippen LogP contribution is 2.44. The Kier molecular flexibility index (Phi) is 5.56. The molecule has 2 aliphatic rings. The number of hydrogen-bond acceptors (Lipinski definition) is 5. The molecular weight excluding hydrogens is 408 g/mol. The molecule has 7 nitrogen and oxygen atoms in total. The molecule has 0 atom stereocenters. The van der Waals surface area contributed by atoms with Gasteiger partial charge in [-0.3, -0.25) is 9.89 Å². The van der Waals surface area contributed by atoms with Gasteiger partial charge in [0.15, 0.2) is 0 Å². The molecule has 1 saturated carbocycles. The van der Waals surface area contributed by atoms with Gasteiger partial charge in [-0.05, 0) is 44.6 Å². The lowest BCUT2D eigenvalue weighted by molar-refractivity contribution is -0.137.